The van der Waals surface area contributed by atoms with Gasteiger partial charge in [0.15, 0.2) is 0 Å². The predicted molar refractivity (Wildman–Crippen MR) is 105 cm³/mol. The first-order valence-corrected chi connectivity index (χ1v) is 9.97. The normalized spacial score (nSPS) is 14.5. The number of aliphatic carboxylic acids is 1. The number of hydrogen-bond donors (Lipinski definition) is 3. The van der Waals surface area contributed by atoms with Gasteiger partial charge in [-0.1, -0.05) is 38.2 Å². The number of amides is 2. The van der Waals surface area contributed by atoms with Crippen LogP contribution in [-0.4, -0.2) is 29.4 Å². The highest BCUT2D eigenvalue weighted by atomic mass is 16.4. The average Bonchev–Trinajstić information content (AvgIpc) is 2.67. The topological polar surface area (TPSA) is 95.5 Å². The van der Waals surface area contributed by atoms with E-state index in [4.69, 9.17) is 5.11 Å². The van der Waals surface area contributed by atoms with Crippen molar-refractivity contribution in [2.45, 2.75) is 64.2 Å². The highest BCUT2D eigenvalue weighted by Gasteiger charge is 2.21. The van der Waals surface area contributed by atoms with E-state index in [1.165, 1.54) is 6.42 Å². The zero-order chi connectivity index (χ0) is 19.5. The third-order valence-corrected chi connectivity index (χ3v) is 4.97. The van der Waals surface area contributed by atoms with E-state index in [0.717, 1.165) is 44.9 Å². The van der Waals surface area contributed by atoms with Gasteiger partial charge in [-0.15, -0.1) is 0 Å². The molecular weight excluding hydrogens is 344 g/mol. The molecule has 27 heavy (non-hydrogen) atoms. The summed E-state index contributed by atoms with van der Waals surface area (Å²) in [5, 5.41) is 14.4. The van der Waals surface area contributed by atoms with Crippen LogP contribution in [0.4, 0.5) is 5.69 Å². The van der Waals surface area contributed by atoms with E-state index >= 15 is 0 Å². The van der Waals surface area contributed by atoms with Gasteiger partial charge in [-0.2, -0.15) is 0 Å². The first kappa shape index (κ1) is 20.9. The maximum atomic E-state index is 12.3. The average molecular weight is 374 g/mol. The first-order valence-electron chi connectivity index (χ1n) is 9.97. The molecule has 1 aromatic carbocycles. The zero-order valence-corrected chi connectivity index (χ0v) is 15.8. The Morgan fingerprint density at radius 1 is 1.00 bits per heavy atom. The Kier molecular flexibility index (Phi) is 8.81. The van der Waals surface area contributed by atoms with Crippen molar-refractivity contribution in [1.82, 2.24) is 5.32 Å². The van der Waals surface area contributed by atoms with Gasteiger partial charge in [0.1, 0.15) is 0 Å². The Labute approximate surface area is 160 Å². The van der Waals surface area contributed by atoms with Gasteiger partial charge in [0.25, 0.3) is 5.91 Å². The van der Waals surface area contributed by atoms with E-state index in [2.05, 4.69) is 10.6 Å². The van der Waals surface area contributed by atoms with Gasteiger partial charge < -0.3 is 15.7 Å². The first-order chi connectivity index (χ1) is 13.1. The minimum Gasteiger partial charge on any atom is -0.481 e. The molecule has 1 aliphatic rings. The Morgan fingerprint density at radius 3 is 2.48 bits per heavy atom. The molecule has 0 aromatic heterocycles. The van der Waals surface area contributed by atoms with E-state index in [9.17, 15) is 14.4 Å². The molecule has 0 spiro atoms. The lowest BCUT2D eigenvalue weighted by molar-refractivity contribution is -0.137. The monoisotopic (exact) mass is 374 g/mol. The van der Waals surface area contributed by atoms with Gasteiger partial charge in [-0.25, -0.2) is 0 Å². The number of carboxylic acid groups (broad SMARTS) is 1. The fourth-order valence-corrected chi connectivity index (χ4v) is 3.41. The van der Waals surface area contributed by atoms with Crippen molar-refractivity contribution >= 4 is 23.5 Å². The van der Waals surface area contributed by atoms with Crippen LogP contribution in [0.2, 0.25) is 0 Å². The molecule has 3 N–H and O–H groups in total. The lowest BCUT2D eigenvalue weighted by Crippen LogP contribution is -2.26. The van der Waals surface area contributed by atoms with E-state index < -0.39 is 5.97 Å². The van der Waals surface area contributed by atoms with Crippen molar-refractivity contribution in [3.63, 3.8) is 0 Å². The summed E-state index contributed by atoms with van der Waals surface area (Å²) >= 11 is 0. The molecule has 0 atom stereocenters. The van der Waals surface area contributed by atoms with Crippen LogP contribution in [0.15, 0.2) is 24.3 Å². The molecule has 0 heterocycles. The van der Waals surface area contributed by atoms with Crippen LogP contribution < -0.4 is 10.6 Å². The molecule has 0 unspecified atom stereocenters. The summed E-state index contributed by atoms with van der Waals surface area (Å²) in [6.45, 7) is 0.560. The summed E-state index contributed by atoms with van der Waals surface area (Å²) in [5.74, 6) is -0.793. The Morgan fingerprint density at radius 2 is 1.74 bits per heavy atom. The SMILES string of the molecule is O=C(O)CCCCCCNC(=O)c1cccc(NC(=O)C2CCCCC2)c1. The van der Waals surface area contributed by atoms with Crippen LogP contribution in [0.5, 0.6) is 0 Å². The summed E-state index contributed by atoms with van der Waals surface area (Å²) in [6.07, 6.45) is 8.75. The van der Waals surface area contributed by atoms with Crippen LogP contribution >= 0.6 is 0 Å². The highest BCUT2D eigenvalue weighted by molar-refractivity contribution is 5.97. The van der Waals surface area contributed by atoms with Crippen molar-refractivity contribution < 1.29 is 19.5 Å². The van der Waals surface area contributed by atoms with Gasteiger partial charge in [-0.3, -0.25) is 14.4 Å². The summed E-state index contributed by atoms with van der Waals surface area (Å²) < 4.78 is 0. The van der Waals surface area contributed by atoms with Crippen LogP contribution in [0.1, 0.15) is 74.6 Å². The smallest absolute Gasteiger partial charge is 0.303 e. The molecule has 1 aromatic rings. The number of carboxylic acids is 1. The lowest BCUT2D eigenvalue weighted by Gasteiger charge is -2.20. The van der Waals surface area contributed by atoms with Crippen LogP contribution in [0.3, 0.4) is 0 Å². The van der Waals surface area contributed by atoms with Crippen molar-refractivity contribution in [2.75, 3.05) is 11.9 Å². The molecular formula is C21H30N2O4. The number of unbranched alkanes of at least 4 members (excludes halogenated alkanes) is 3. The number of anilines is 1. The lowest BCUT2D eigenvalue weighted by atomic mass is 9.88. The van der Waals surface area contributed by atoms with Crippen molar-refractivity contribution in [2.24, 2.45) is 5.92 Å². The molecule has 2 rings (SSSR count). The molecule has 1 fully saturated rings. The molecule has 2 amide bonds. The van der Waals surface area contributed by atoms with Crippen molar-refractivity contribution in [3.8, 4) is 0 Å². The number of carbonyl (C=O) groups is 3. The number of nitrogens with one attached hydrogen (secondary N) is 2. The Bertz CT molecular complexity index is 639. The van der Waals surface area contributed by atoms with Gasteiger partial charge in [0, 0.05) is 30.1 Å². The number of carbonyl (C=O) groups excluding carboxylic acids is 2. The van der Waals surface area contributed by atoms with E-state index in [-0.39, 0.29) is 24.2 Å². The quantitative estimate of drug-likeness (QED) is 0.540. The molecule has 0 radical (unpaired) electrons. The Hall–Kier alpha value is -2.37. The maximum Gasteiger partial charge on any atom is 0.303 e. The summed E-state index contributed by atoms with van der Waals surface area (Å²) in [4.78, 5) is 35.0. The van der Waals surface area contributed by atoms with E-state index in [1.54, 1.807) is 24.3 Å². The van der Waals surface area contributed by atoms with Crippen molar-refractivity contribution in [1.29, 1.82) is 0 Å². The number of hydrogen-bond acceptors (Lipinski definition) is 3. The number of rotatable bonds is 10. The minimum atomic E-state index is -0.765. The summed E-state index contributed by atoms with van der Waals surface area (Å²) in [6, 6.07) is 7.03. The summed E-state index contributed by atoms with van der Waals surface area (Å²) in [7, 11) is 0. The van der Waals surface area contributed by atoms with E-state index in [0.29, 0.717) is 24.2 Å². The molecule has 0 bridgehead atoms. The van der Waals surface area contributed by atoms with Crippen LogP contribution in [0.25, 0.3) is 0 Å². The minimum absolute atomic E-state index is 0.0496. The molecule has 6 nitrogen and oxygen atoms in total. The predicted octanol–water partition coefficient (Wildman–Crippen LogP) is 3.97. The fraction of sp³-hybridized carbons (Fsp3) is 0.571. The second-order valence-corrected chi connectivity index (χ2v) is 7.22. The summed E-state index contributed by atoms with van der Waals surface area (Å²) in [5.41, 5.74) is 1.19. The van der Waals surface area contributed by atoms with Crippen LogP contribution in [0, 0.1) is 5.92 Å². The van der Waals surface area contributed by atoms with Gasteiger partial charge in [0.2, 0.25) is 5.91 Å². The fourth-order valence-electron chi connectivity index (χ4n) is 3.41. The third-order valence-electron chi connectivity index (χ3n) is 4.97. The Balaban J connectivity index is 1.72. The van der Waals surface area contributed by atoms with E-state index in [1.807, 2.05) is 0 Å². The standard InChI is InChI=1S/C21H30N2O4/c24-19(25)13-6-1-2-7-14-22-20(26)17-11-8-12-18(15-17)23-21(27)16-9-4-3-5-10-16/h8,11-12,15-16H,1-7,9-10,13-14H2,(H,22,26)(H,23,27)(H,24,25). The second kappa shape index (κ2) is 11.4. The zero-order valence-electron chi connectivity index (χ0n) is 15.8. The van der Waals surface area contributed by atoms with Gasteiger partial charge in [-0.05, 0) is 43.9 Å². The maximum absolute atomic E-state index is 12.3. The molecule has 6 heteroatoms. The molecule has 1 aliphatic carbocycles. The molecule has 1 saturated carbocycles. The van der Waals surface area contributed by atoms with Gasteiger partial charge in [0.05, 0.1) is 0 Å². The van der Waals surface area contributed by atoms with Crippen molar-refractivity contribution in [3.05, 3.63) is 29.8 Å². The molecule has 0 aliphatic heterocycles. The largest absolute Gasteiger partial charge is 0.481 e. The molecule has 148 valence electrons. The second-order valence-electron chi connectivity index (χ2n) is 7.22. The third kappa shape index (κ3) is 7.81. The highest BCUT2D eigenvalue weighted by Crippen LogP contribution is 2.25. The molecule has 0 saturated heterocycles. The number of benzene rings is 1. The van der Waals surface area contributed by atoms with Gasteiger partial charge >= 0.3 is 5.97 Å². The van der Waals surface area contributed by atoms with Crippen LogP contribution in [-0.2, 0) is 9.59 Å².